The third kappa shape index (κ3) is 3.64. The lowest BCUT2D eigenvalue weighted by Crippen LogP contribution is -2.33. The molecule has 2 N–H and O–H groups in total. The van der Waals surface area contributed by atoms with Gasteiger partial charge in [-0.3, -0.25) is 0 Å². The quantitative estimate of drug-likeness (QED) is 0.582. The van der Waals surface area contributed by atoms with Crippen LogP contribution in [0.1, 0.15) is 24.0 Å². The van der Waals surface area contributed by atoms with Crippen LogP contribution in [-0.2, 0) is 5.75 Å². The summed E-state index contributed by atoms with van der Waals surface area (Å²) in [5.41, 5.74) is 5.28. The molecule has 2 aliphatic heterocycles. The summed E-state index contributed by atoms with van der Waals surface area (Å²) < 4.78 is 11.0. The largest absolute Gasteiger partial charge is 0.454 e. The monoisotopic (exact) mass is 392 g/mol. The molecule has 0 spiro atoms. The van der Waals surface area contributed by atoms with Crippen LogP contribution in [0.2, 0.25) is 0 Å². The zero-order valence-corrected chi connectivity index (χ0v) is 16.6. The predicted octanol–water partition coefficient (Wildman–Crippen LogP) is 4.97. The van der Waals surface area contributed by atoms with Crippen LogP contribution in [0.4, 0.5) is 0 Å². The summed E-state index contributed by atoms with van der Waals surface area (Å²) in [5.74, 6) is 3.84. The van der Waals surface area contributed by atoms with Crippen LogP contribution >= 0.6 is 11.8 Å². The van der Waals surface area contributed by atoms with Crippen molar-refractivity contribution in [3.63, 3.8) is 0 Å². The van der Waals surface area contributed by atoms with Crippen LogP contribution in [0, 0.1) is 0 Å². The second-order valence-corrected chi connectivity index (χ2v) is 8.42. The van der Waals surface area contributed by atoms with E-state index in [0.29, 0.717) is 12.8 Å². The van der Waals surface area contributed by atoms with Gasteiger partial charge in [-0.15, -0.1) is 0 Å². The van der Waals surface area contributed by atoms with Gasteiger partial charge in [0.1, 0.15) is 0 Å². The molecule has 0 aliphatic carbocycles. The van der Waals surface area contributed by atoms with E-state index in [1.807, 2.05) is 17.8 Å². The molecule has 2 aromatic carbocycles. The van der Waals surface area contributed by atoms with E-state index in [0.717, 1.165) is 41.5 Å². The summed E-state index contributed by atoms with van der Waals surface area (Å²) in [6, 6.07) is 15.4. The molecule has 1 aromatic heterocycles. The summed E-state index contributed by atoms with van der Waals surface area (Å²) >= 11 is 2.00. The predicted molar refractivity (Wildman–Crippen MR) is 116 cm³/mol. The molecule has 3 heterocycles. The lowest BCUT2D eigenvalue weighted by atomic mass is 9.94. The van der Waals surface area contributed by atoms with Gasteiger partial charge >= 0.3 is 0 Å². The van der Waals surface area contributed by atoms with Crippen LogP contribution in [0.5, 0.6) is 11.5 Å². The van der Waals surface area contributed by atoms with Crippen LogP contribution in [0.3, 0.4) is 0 Å². The van der Waals surface area contributed by atoms with E-state index in [4.69, 9.17) is 9.47 Å². The molecule has 4 nitrogen and oxygen atoms in total. The van der Waals surface area contributed by atoms with E-state index in [-0.39, 0.29) is 0 Å². The average molecular weight is 393 g/mol. The van der Waals surface area contributed by atoms with E-state index < -0.39 is 0 Å². The zero-order valence-electron chi connectivity index (χ0n) is 15.7. The Morgan fingerprint density at radius 2 is 1.93 bits per heavy atom. The number of hydrogen-bond donors (Lipinski definition) is 2. The Kier molecular flexibility index (Phi) is 5.02. The van der Waals surface area contributed by atoms with Crippen LogP contribution < -0.4 is 14.8 Å². The molecule has 0 radical (unpaired) electrons. The van der Waals surface area contributed by atoms with Crippen molar-refractivity contribution in [2.75, 3.05) is 19.1 Å². The van der Waals surface area contributed by atoms with E-state index >= 15 is 0 Å². The smallest absolute Gasteiger partial charge is 0.231 e. The second kappa shape index (κ2) is 7.94. The number of H-pyrrole nitrogens is 1. The van der Waals surface area contributed by atoms with Crippen molar-refractivity contribution in [1.82, 2.24) is 10.3 Å². The first-order chi connectivity index (χ1) is 13.9. The second-order valence-electron chi connectivity index (χ2n) is 7.31. The summed E-state index contributed by atoms with van der Waals surface area (Å²) in [6.07, 6.45) is 6.74. The van der Waals surface area contributed by atoms with Gasteiger partial charge in [0.2, 0.25) is 6.79 Å². The van der Waals surface area contributed by atoms with Gasteiger partial charge in [-0.1, -0.05) is 36.4 Å². The molecule has 28 heavy (non-hydrogen) atoms. The Morgan fingerprint density at radius 1 is 1.07 bits per heavy atom. The molecule has 0 saturated carbocycles. The summed E-state index contributed by atoms with van der Waals surface area (Å²) in [7, 11) is 0. The minimum atomic E-state index is 0.319. The fraction of sp³-hybridized carbons (Fsp3) is 0.304. The van der Waals surface area contributed by atoms with Crippen LogP contribution in [0.15, 0.2) is 54.7 Å². The Morgan fingerprint density at radius 3 is 2.82 bits per heavy atom. The number of rotatable bonds is 6. The molecule has 1 atom stereocenters. The third-order valence-electron chi connectivity index (χ3n) is 5.49. The van der Waals surface area contributed by atoms with Crippen LogP contribution in [-0.4, -0.2) is 30.1 Å². The van der Waals surface area contributed by atoms with Gasteiger partial charge in [0.25, 0.3) is 0 Å². The first kappa shape index (κ1) is 17.7. The summed E-state index contributed by atoms with van der Waals surface area (Å²) in [4.78, 5) is 3.36. The van der Waals surface area contributed by atoms with Crippen molar-refractivity contribution >= 4 is 28.2 Å². The Hall–Kier alpha value is -2.37. The van der Waals surface area contributed by atoms with Gasteiger partial charge in [0.15, 0.2) is 11.5 Å². The summed E-state index contributed by atoms with van der Waals surface area (Å²) in [5, 5.41) is 4.88. The van der Waals surface area contributed by atoms with Crippen molar-refractivity contribution in [1.29, 1.82) is 0 Å². The van der Waals surface area contributed by atoms with Gasteiger partial charge in [0.05, 0.1) is 0 Å². The molecular weight excluding hydrogens is 368 g/mol. The first-order valence-electron chi connectivity index (χ1n) is 9.82. The van der Waals surface area contributed by atoms with Crippen molar-refractivity contribution in [3.8, 4) is 11.5 Å². The Bertz CT molecular complexity index is 997. The van der Waals surface area contributed by atoms with Gasteiger partial charge < -0.3 is 19.8 Å². The third-order valence-corrected chi connectivity index (χ3v) is 6.53. The zero-order chi connectivity index (χ0) is 18.8. The fourth-order valence-electron chi connectivity index (χ4n) is 3.96. The van der Waals surface area contributed by atoms with Gasteiger partial charge in [-0.25, -0.2) is 0 Å². The van der Waals surface area contributed by atoms with Gasteiger partial charge in [0, 0.05) is 41.5 Å². The number of ether oxygens (including phenoxy) is 2. The number of aromatic nitrogens is 1. The SMILES string of the molecule is C1=C(c2ccccc2)CC(CCSCc2c[nH]c3cc4c(cc23)OCO4)NC1. The van der Waals surface area contributed by atoms with Crippen LogP contribution in [0.25, 0.3) is 16.5 Å². The molecule has 1 unspecified atom stereocenters. The molecule has 2 aliphatic rings. The van der Waals surface area contributed by atoms with E-state index in [1.165, 1.54) is 28.5 Å². The molecule has 0 amide bonds. The number of fused-ring (bicyclic) bond motifs is 2. The summed E-state index contributed by atoms with van der Waals surface area (Å²) in [6.45, 7) is 1.29. The highest BCUT2D eigenvalue weighted by atomic mass is 32.2. The van der Waals surface area contributed by atoms with Gasteiger partial charge in [-0.05, 0) is 41.4 Å². The molecule has 0 saturated heterocycles. The van der Waals surface area contributed by atoms with E-state index in [9.17, 15) is 0 Å². The highest BCUT2D eigenvalue weighted by Gasteiger charge is 2.18. The highest BCUT2D eigenvalue weighted by Crippen LogP contribution is 2.37. The van der Waals surface area contributed by atoms with Crippen molar-refractivity contribution in [3.05, 3.63) is 65.9 Å². The Balaban J connectivity index is 1.15. The number of benzene rings is 2. The maximum atomic E-state index is 5.53. The standard InChI is InChI=1S/C23H24N2O2S/c1-2-4-16(5-3-1)17-6-8-24-19(10-17)7-9-28-14-18-13-25-21-12-23-22(11-20(18)21)26-15-27-23/h1-6,11-13,19,24-25H,7-10,14-15H2. The molecule has 5 rings (SSSR count). The Labute approximate surface area is 169 Å². The van der Waals surface area contributed by atoms with Gasteiger partial charge in [-0.2, -0.15) is 11.8 Å². The fourth-order valence-corrected chi connectivity index (χ4v) is 5.01. The van der Waals surface area contributed by atoms with Crippen molar-refractivity contribution in [2.24, 2.45) is 0 Å². The number of thioether (sulfide) groups is 1. The number of nitrogens with one attached hydrogen (secondary N) is 2. The topological polar surface area (TPSA) is 46.3 Å². The average Bonchev–Trinajstić information content (AvgIpc) is 3.37. The van der Waals surface area contributed by atoms with Crippen molar-refractivity contribution < 1.29 is 9.47 Å². The molecule has 0 fully saturated rings. The molecule has 5 heteroatoms. The molecule has 144 valence electrons. The molecular formula is C23H24N2O2S. The maximum Gasteiger partial charge on any atom is 0.231 e. The number of hydrogen-bond acceptors (Lipinski definition) is 4. The highest BCUT2D eigenvalue weighted by molar-refractivity contribution is 7.98. The maximum absolute atomic E-state index is 5.53. The first-order valence-corrected chi connectivity index (χ1v) is 11.0. The molecule has 3 aromatic rings. The lowest BCUT2D eigenvalue weighted by molar-refractivity contribution is 0.174. The minimum Gasteiger partial charge on any atom is -0.454 e. The molecule has 0 bridgehead atoms. The van der Waals surface area contributed by atoms with Crippen molar-refractivity contribution in [2.45, 2.75) is 24.6 Å². The lowest BCUT2D eigenvalue weighted by Gasteiger charge is -2.24. The van der Waals surface area contributed by atoms with E-state index in [2.05, 4.69) is 59.0 Å². The minimum absolute atomic E-state index is 0.319. The number of aromatic amines is 1. The van der Waals surface area contributed by atoms with E-state index in [1.54, 1.807) is 0 Å². The normalized spacial score (nSPS) is 18.4.